The summed E-state index contributed by atoms with van der Waals surface area (Å²) in [6.45, 7) is 0.818. The molecule has 6 heteroatoms. The number of fused-ring (bicyclic) bond motifs is 1. The van der Waals surface area contributed by atoms with Gasteiger partial charge in [0.05, 0.1) is 24.5 Å². The summed E-state index contributed by atoms with van der Waals surface area (Å²) in [6, 6.07) is 2.39. The predicted octanol–water partition coefficient (Wildman–Crippen LogP) is 0.571. The first-order valence-corrected chi connectivity index (χ1v) is 6.96. The van der Waals surface area contributed by atoms with Crippen LogP contribution >= 0.6 is 11.3 Å². The monoisotopic (exact) mass is 265 g/mol. The van der Waals surface area contributed by atoms with Crippen molar-refractivity contribution in [3.63, 3.8) is 0 Å². The van der Waals surface area contributed by atoms with Crippen LogP contribution in [0.3, 0.4) is 0 Å². The van der Waals surface area contributed by atoms with Crippen LogP contribution in [-0.4, -0.2) is 33.3 Å². The van der Waals surface area contributed by atoms with Crippen molar-refractivity contribution in [2.24, 2.45) is 0 Å². The fourth-order valence-corrected chi connectivity index (χ4v) is 2.68. The molecular formula is C12H15N3O2S. The summed E-state index contributed by atoms with van der Waals surface area (Å²) in [5.74, 6) is 0. The van der Waals surface area contributed by atoms with Gasteiger partial charge in [-0.3, -0.25) is 9.36 Å². The number of aliphatic hydroxyl groups excluding tert-OH is 1. The van der Waals surface area contributed by atoms with E-state index >= 15 is 0 Å². The van der Waals surface area contributed by atoms with E-state index in [1.54, 1.807) is 0 Å². The zero-order chi connectivity index (χ0) is 12.5. The van der Waals surface area contributed by atoms with Crippen molar-refractivity contribution >= 4 is 21.6 Å². The molecule has 1 atom stereocenters. The molecule has 1 fully saturated rings. The van der Waals surface area contributed by atoms with Gasteiger partial charge in [0, 0.05) is 12.6 Å². The van der Waals surface area contributed by atoms with Gasteiger partial charge in [-0.2, -0.15) is 0 Å². The molecule has 1 aliphatic carbocycles. The molecule has 1 aliphatic rings. The first-order valence-electron chi connectivity index (χ1n) is 6.08. The van der Waals surface area contributed by atoms with E-state index in [0.29, 0.717) is 23.8 Å². The Morgan fingerprint density at radius 2 is 2.44 bits per heavy atom. The second-order valence-electron chi connectivity index (χ2n) is 4.67. The number of aromatic nitrogens is 2. The van der Waals surface area contributed by atoms with Crippen molar-refractivity contribution in [1.29, 1.82) is 0 Å². The largest absolute Gasteiger partial charge is 0.390 e. The highest BCUT2D eigenvalue weighted by atomic mass is 32.1. The quantitative estimate of drug-likeness (QED) is 0.829. The zero-order valence-corrected chi connectivity index (χ0v) is 10.7. The molecule has 0 amide bonds. The van der Waals surface area contributed by atoms with Crippen LogP contribution in [0.15, 0.2) is 22.6 Å². The molecule has 5 nitrogen and oxygen atoms in total. The topological polar surface area (TPSA) is 67.2 Å². The van der Waals surface area contributed by atoms with Gasteiger partial charge in [0.15, 0.2) is 0 Å². The smallest absolute Gasteiger partial charge is 0.271 e. The molecule has 0 aromatic carbocycles. The van der Waals surface area contributed by atoms with Crippen LogP contribution in [0.5, 0.6) is 0 Å². The Balaban J connectivity index is 1.72. The average molecular weight is 265 g/mol. The molecule has 2 heterocycles. The maximum atomic E-state index is 12.1. The molecule has 2 aromatic rings. The molecule has 1 saturated carbocycles. The Morgan fingerprint density at radius 1 is 1.61 bits per heavy atom. The zero-order valence-electron chi connectivity index (χ0n) is 9.87. The third-order valence-corrected chi connectivity index (χ3v) is 3.95. The van der Waals surface area contributed by atoms with E-state index in [-0.39, 0.29) is 5.56 Å². The lowest BCUT2D eigenvalue weighted by atomic mass is 10.3. The SMILES string of the molecule is O=c1c2sccc2ncn1CC(O)CNC1CC1. The second kappa shape index (κ2) is 4.79. The summed E-state index contributed by atoms with van der Waals surface area (Å²) in [4.78, 5) is 16.3. The van der Waals surface area contributed by atoms with Gasteiger partial charge in [-0.1, -0.05) is 0 Å². The van der Waals surface area contributed by atoms with Crippen molar-refractivity contribution in [1.82, 2.24) is 14.9 Å². The summed E-state index contributed by atoms with van der Waals surface area (Å²) in [7, 11) is 0. The Hall–Kier alpha value is -1.24. The molecule has 0 radical (unpaired) electrons. The third-order valence-electron chi connectivity index (χ3n) is 3.06. The minimum absolute atomic E-state index is 0.0690. The summed E-state index contributed by atoms with van der Waals surface area (Å²) in [5, 5.41) is 15.0. The fraction of sp³-hybridized carbons (Fsp3) is 0.500. The Kier molecular flexibility index (Phi) is 3.15. The van der Waals surface area contributed by atoms with Crippen molar-refractivity contribution < 1.29 is 5.11 Å². The van der Waals surface area contributed by atoms with Gasteiger partial charge in [-0.05, 0) is 24.3 Å². The van der Waals surface area contributed by atoms with Crippen LogP contribution < -0.4 is 10.9 Å². The van der Waals surface area contributed by atoms with Crippen LogP contribution in [0, 0.1) is 0 Å². The number of hydrogen-bond acceptors (Lipinski definition) is 5. The highest BCUT2D eigenvalue weighted by molar-refractivity contribution is 7.17. The minimum Gasteiger partial charge on any atom is -0.390 e. The van der Waals surface area contributed by atoms with Gasteiger partial charge in [0.2, 0.25) is 0 Å². The van der Waals surface area contributed by atoms with Gasteiger partial charge in [-0.15, -0.1) is 11.3 Å². The highest BCUT2D eigenvalue weighted by Gasteiger charge is 2.21. The molecule has 1 unspecified atom stereocenters. The molecule has 96 valence electrons. The molecule has 0 spiro atoms. The number of thiophene rings is 1. The van der Waals surface area contributed by atoms with E-state index in [2.05, 4.69) is 10.3 Å². The van der Waals surface area contributed by atoms with Crippen LogP contribution in [0.25, 0.3) is 10.2 Å². The Morgan fingerprint density at radius 3 is 3.22 bits per heavy atom. The van der Waals surface area contributed by atoms with E-state index in [0.717, 1.165) is 5.52 Å². The molecule has 2 aromatic heterocycles. The molecule has 18 heavy (non-hydrogen) atoms. The van der Waals surface area contributed by atoms with E-state index in [1.807, 2.05) is 11.4 Å². The van der Waals surface area contributed by atoms with Gasteiger partial charge in [0.25, 0.3) is 5.56 Å². The molecule has 3 rings (SSSR count). The van der Waals surface area contributed by atoms with E-state index in [4.69, 9.17) is 0 Å². The summed E-state index contributed by atoms with van der Waals surface area (Å²) in [6.07, 6.45) is 3.34. The number of rotatable bonds is 5. The average Bonchev–Trinajstić information content (AvgIpc) is 3.06. The van der Waals surface area contributed by atoms with Gasteiger partial charge < -0.3 is 10.4 Å². The molecule has 2 N–H and O–H groups in total. The van der Waals surface area contributed by atoms with Crippen LogP contribution in [0.1, 0.15) is 12.8 Å². The standard InChI is InChI=1S/C12H15N3O2S/c16-9(5-13-8-1-2-8)6-15-7-14-10-3-4-18-11(10)12(15)17/h3-4,7-9,13,16H,1-2,5-6H2. The Bertz CT molecular complexity index is 603. The van der Waals surface area contributed by atoms with Crippen LogP contribution in [-0.2, 0) is 6.54 Å². The second-order valence-corrected chi connectivity index (χ2v) is 5.59. The normalized spacial score (nSPS) is 17.2. The maximum absolute atomic E-state index is 12.1. The number of nitrogens with one attached hydrogen (secondary N) is 1. The first-order chi connectivity index (χ1) is 8.74. The van der Waals surface area contributed by atoms with E-state index in [9.17, 15) is 9.90 Å². The third kappa shape index (κ3) is 2.45. The lowest BCUT2D eigenvalue weighted by molar-refractivity contribution is 0.149. The van der Waals surface area contributed by atoms with Crippen molar-refractivity contribution in [2.45, 2.75) is 31.5 Å². The molecule has 0 bridgehead atoms. The molecule has 0 aliphatic heterocycles. The van der Waals surface area contributed by atoms with Crippen molar-refractivity contribution in [2.75, 3.05) is 6.54 Å². The fourth-order valence-electron chi connectivity index (χ4n) is 1.89. The lowest BCUT2D eigenvalue weighted by Crippen LogP contribution is -2.34. The van der Waals surface area contributed by atoms with Gasteiger partial charge >= 0.3 is 0 Å². The van der Waals surface area contributed by atoms with Crippen LogP contribution in [0.2, 0.25) is 0 Å². The first kappa shape index (κ1) is 11.8. The summed E-state index contributed by atoms with van der Waals surface area (Å²) in [5.41, 5.74) is 0.660. The van der Waals surface area contributed by atoms with Crippen molar-refractivity contribution in [3.05, 3.63) is 28.1 Å². The maximum Gasteiger partial charge on any atom is 0.271 e. The van der Waals surface area contributed by atoms with Crippen molar-refractivity contribution in [3.8, 4) is 0 Å². The highest BCUT2D eigenvalue weighted by Crippen LogP contribution is 2.18. The van der Waals surface area contributed by atoms with E-state index < -0.39 is 6.10 Å². The van der Waals surface area contributed by atoms with E-state index in [1.165, 1.54) is 35.1 Å². The molecule has 0 saturated heterocycles. The van der Waals surface area contributed by atoms with Gasteiger partial charge in [-0.25, -0.2) is 4.98 Å². The molecular weight excluding hydrogens is 250 g/mol. The summed E-state index contributed by atoms with van der Waals surface area (Å²) >= 11 is 1.39. The lowest BCUT2D eigenvalue weighted by Gasteiger charge is -2.12. The van der Waals surface area contributed by atoms with Gasteiger partial charge in [0.1, 0.15) is 4.70 Å². The number of hydrogen-bond donors (Lipinski definition) is 2. The summed E-state index contributed by atoms with van der Waals surface area (Å²) < 4.78 is 2.14. The minimum atomic E-state index is -0.553. The predicted molar refractivity (Wildman–Crippen MR) is 70.9 cm³/mol. The number of nitrogens with zero attached hydrogens (tertiary/aromatic N) is 2. The number of aliphatic hydroxyl groups is 1. The van der Waals surface area contributed by atoms with Crippen LogP contribution in [0.4, 0.5) is 0 Å². The Labute approximate surface area is 108 Å².